The highest BCUT2D eigenvalue weighted by atomic mass is 16.5. The quantitative estimate of drug-likeness (QED) is 0.776. The first-order valence-corrected chi connectivity index (χ1v) is 5.56. The van der Waals surface area contributed by atoms with Gasteiger partial charge in [-0.3, -0.25) is 4.79 Å². The van der Waals surface area contributed by atoms with Gasteiger partial charge in [-0.05, 0) is 5.56 Å². The van der Waals surface area contributed by atoms with Crippen LogP contribution in [0.1, 0.15) is 11.3 Å². The smallest absolute Gasteiger partial charge is 0.328 e. The number of hydrogen-bond acceptors (Lipinski definition) is 5. The maximum Gasteiger partial charge on any atom is 0.328 e. The summed E-state index contributed by atoms with van der Waals surface area (Å²) in [6.45, 7) is 0.608. The van der Waals surface area contributed by atoms with Crippen molar-refractivity contribution in [3.05, 3.63) is 47.8 Å². The number of nitrogens with two attached hydrogens (primary N) is 1. The third-order valence-corrected chi connectivity index (χ3v) is 2.33. The minimum atomic E-state index is -0.354. The topological polar surface area (TPSA) is 83.0 Å². The maximum absolute atomic E-state index is 11.5. The fourth-order valence-electron chi connectivity index (χ4n) is 1.43. The highest BCUT2D eigenvalue weighted by Gasteiger charge is 2.06. The van der Waals surface area contributed by atoms with Gasteiger partial charge in [-0.25, -0.2) is 4.68 Å². The van der Waals surface area contributed by atoms with E-state index in [0.717, 1.165) is 5.56 Å². The monoisotopic (exact) mass is 246 g/mol. The van der Waals surface area contributed by atoms with Crippen molar-refractivity contribution in [2.45, 2.75) is 19.7 Å². The molecule has 0 radical (unpaired) electrons. The first-order chi connectivity index (χ1) is 8.78. The van der Waals surface area contributed by atoms with E-state index >= 15 is 0 Å². The van der Waals surface area contributed by atoms with Crippen molar-refractivity contribution < 1.29 is 9.53 Å². The van der Waals surface area contributed by atoms with Crippen LogP contribution in [0.3, 0.4) is 0 Å². The molecule has 6 heteroatoms. The highest BCUT2D eigenvalue weighted by Crippen LogP contribution is 2.01. The Morgan fingerprint density at radius 2 is 2.11 bits per heavy atom. The molecule has 0 fully saturated rings. The van der Waals surface area contributed by atoms with Crippen molar-refractivity contribution in [2.75, 3.05) is 0 Å². The minimum absolute atomic E-state index is 0.0415. The van der Waals surface area contributed by atoms with E-state index in [1.54, 1.807) is 6.20 Å². The van der Waals surface area contributed by atoms with Gasteiger partial charge in [0.1, 0.15) is 13.2 Å². The number of aromatic nitrogens is 3. The molecule has 0 aliphatic carbocycles. The summed E-state index contributed by atoms with van der Waals surface area (Å²) in [5.41, 5.74) is 6.99. The standard InChI is InChI=1S/C12H14N4O2/c13-6-11-7-16(15-14-11)8-12(17)18-9-10-4-2-1-3-5-10/h1-5,7H,6,8-9,13H2. The van der Waals surface area contributed by atoms with E-state index in [9.17, 15) is 4.79 Å². The maximum atomic E-state index is 11.5. The Kier molecular flexibility index (Phi) is 4.03. The Labute approximate surface area is 104 Å². The minimum Gasteiger partial charge on any atom is -0.459 e. The summed E-state index contributed by atoms with van der Waals surface area (Å²) in [7, 11) is 0. The van der Waals surface area contributed by atoms with E-state index in [0.29, 0.717) is 12.2 Å². The first-order valence-electron chi connectivity index (χ1n) is 5.56. The van der Waals surface area contributed by atoms with Gasteiger partial charge in [0.25, 0.3) is 0 Å². The molecule has 1 heterocycles. The lowest BCUT2D eigenvalue weighted by Gasteiger charge is -2.04. The fourth-order valence-corrected chi connectivity index (χ4v) is 1.43. The normalized spacial score (nSPS) is 10.3. The van der Waals surface area contributed by atoms with Gasteiger partial charge in [-0.2, -0.15) is 0 Å². The Morgan fingerprint density at radius 1 is 1.33 bits per heavy atom. The van der Waals surface area contributed by atoms with Gasteiger partial charge in [0.2, 0.25) is 0 Å². The summed E-state index contributed by atoms with van der Waals surface area (Å²) in [5.74, 6) is -0.354. The Morgan fingerprint density at radius 3 is 2.78 bits per heavy atom. The van der Waals surface area contributed by atoms with Crippen LogP contribution in [0.2, 0.25) is 0 Å². The van der Waals surface area contributed by atoms with Crippen molar-refractivity contribution in [2.24, 2.45) is 5.73 Å². The summed E-state index contributed by atoms with van der Waals surface area (Å²) in [6, 6.07) is 9.50. The Balaban J connectivity index is 1.82. The molecule has 18 heavy (non-hydrogen) atoms. The lowest BCUT2D eigenvalue weighted by atomic mass is 10.2. The zero-order chi connectivity index (χ0) is 12.8. The molecule has 0 bridgehead atoms. The molecule has 2 N–H and O–H groups in total. The molecule has 0 aliphatic heterocycles. The highest BCUT2D eigenvalue weighted by molar-refractivity contribution is 5.69. The van der Waals surface area contributed by atoms with Crippen LogP contribution in [0.25, 0.3) is 0 Å². The van der Waals surface area contributed by atoms with Crippen molar-refractivity contribution in [1.29, 1.82) is 0 Å². The van der Waals surface area contributed by atoms with Gasteiger partial charge in [0.15, 0.2) is 0 Å². The molecule has 0 spiro atoms. The van der Waals surface area contributed by atoms with Crippen molar-refractivity contribution in [1.82, 2.24) is 15.0 Å². The average Bonchev–Trinajstić information content (AvgIpc) is 2.85. The number of carbonyl (C=O) groups is 1. The molecule has 0 atom stereocenters. The number of rotatable bonds is 5. The molecule has 0 aliphatic rings. The third kappa shape index (κ3) is 3.39. The van der Waals surface area contributed by atoms with Gasteiger partial charge in [0.05, 0.1) is 11.9 Å². The van der Waals surface area contributed by atoms with Gasteiger partial charge in [-0.15, -0.1) is 5.10 Å². The number of benzene rings is 1. The lowest BCUT2D eigenvalue weighted by molar-refractivity contribution is -0.145. The van der Waals surface area contributed by atoms with Gasteiger partial charge < -0.3 is 10.5 Å². The van der Waals surface area contributed by atoms with Crippen LogP contribution in [-0.2, 0) is 29.2 Å². The van der Waals surface area contributed by atoms with Crippen LogP contribution < -0.4 is 5.73 Å². The molecule has 2 rings (SSSR count). The molecule has 0 amide bonds. The van der Waals surface area contributed by atoms with Crippen molar-refractivity contribution in [3.63, 3.8) is 0 Å². The van der Waals surface area contributed by atoms with Crippen LogP contribution in [0, 0.1) is 0 Å². The number of carbonyl (C=O) groups excluding carboxylic acids is 1. The molecule has 1 aromatic heterocycles. The van der Waals surface area contributed by atoms with Crippen LogP contribution in [0.4, 0.5) is 0 Å². The van der Waals surface area contributed by atoms with Crippen LogP contribution in [0.5, 0.6) is 0 Å². The van der Waals surface area contributed by atoms with E-state index < -0.39 is 0 Å². The van der Waals surface area contributed by atoms with Crippen molar-refractivity contribution >= 4 is 5.97 Å². The second-order valence-electron chi connectivity index (χ2n) is 3.76. The predicted octanol–water partition coefficient (Wildman–Crippen LogP) is 0.480. The second-order valence-corrected chi connectivity index (χ2v) is 3.76. The molecule has 1 aromatic carbocycles. The summed E-state index contributed by atoms with van der Waals surface area (Å²) in [5, 5.41) is 7.55. The van der Waals surface area contributed by atoms with E-state index in [-0.39, 0.29) is 19.1 Å². The molecule has 6 nitrogen and oxygen atoms in total. The van der Waals surface area contributed by atoms with Crippen LogP contribution in [-0.4, -0.2) is 21.0 Å². The summed E-state index contributed by atoms with van der Waals surface area (Å²) >= 11 is 0. The van der Waals surface area contributed by atoms with E-state index in [1.807, 2.05) is 30.3 Å². The molecular weight excluding hydrogens is 232 g/mol. The predicted molar refractivity (Wildman–Crippen MR) is 64.2 cm³/mol. The van der Waals surface area contributed by atoms with Gasteiger partial charge in [-0.1, -0.05) is 35.5 Å². The van der Waals surface area contributed by atoms with Crippen LogP contribution in [0.15, 0.2) is 36.5 Å². The van der Waals surface area contributed by atoms with Crippen LogP contribution >= 0.6 is 0 Å². The van der Waals surface area contributed by atoms with E-state index in [2.05, 4.69) is 10.3 Å². The fraction of sp³-hybridized carbons (Fsp3) is 0.250. The average molecular weight is 246 g/mol. The SMILES string of the molecule is NCc1cn(CC(=O)OCc2ccccc2)nn1. The molecule has 2 aromatic rings. The Bertz CT molecular complexity index is 510. The number of esters is 1. The zero-order valence-electron chi connectivity index (χ0n) is 9.82. The number of hydrogen-bond donors (Lipinski definition) is 1. The summed E-state index contributed by atoms with van der Waals surface area (Å²) < 4.78 is 6.53. The van der Waals surface area contributed by atoms with E-state index in [1.165, 1.54) is 4.68 Å². The van der Waals surface area contributed by atoms with Crippen molar-refractivity contribution in [3.8, 4) is 0 Å². The number of ether oxygens (including phenoxy) is 1. The molecule has 0 saturated heterocycles. The third-order valence-electron chi connectivity index (χ3n) is 2.33. The number of nitrogens with zero attached hydrogens (tertiary/aromatic N) is 3. The van der Waals surface area contributed by atoms with E-state index in [4.69, 9.17) is 10.5 Å². The largest absolute Gasteiger partial charge is 0.459 e. The Hall–Kier alpha value is -2.21. The van der Waals surface area contributed by atoms with Gasteiger partial charge in [0, 0.05) is 6.54 Å². The summed E-state index contributed by atoms with van der Waals surface area (Å²) in [6.07, 6.45) is 1.63. The zero-order valence-corrected chi connectivity index (χ0v) is 9.82. The second kappa shape index (κ2) is 5.92. The lowest BCUT2D eigenvalue weighted by Crippen LogP contribution is -2.14. The molecule has 94 valence electrons. The molecular formula is C12H14N4O2. The molecule has 0 saturated carbocycles. The first kappa shape index (κ1) is 12.3. The summed E-state index contributed by atoms with van der Waals surface area (Å²) in [4.78, 5) is 11.5. The molecule has 0 unspecified atom stereocenters. The van der Waals surface area contributed by atoms with Gasteiger partial charge >= 0.3 is 5.97 Å².